The first-order chi connectivity index (χ1) is 18.9. The van der Waals surface area contributed by atoms with Crippen LogP contribution in [-0.4, -0.2) is 43.1 Å². The summed E-state index contributed by atoms with van der Waals surface area (Å²) in [5.41, 5.74) is 1.15. The molecule has 5 rings (SSSR count). The van der Waals surface area contributed by atoms with Crippen LogP contribution in [0.3, 0.4) is 0 Å². The van der Waals surface area contributed by atoms with Gasteiger partial charge in [0.15, 0.2) is 5.82 Å². The first-order valence-corrected chi connectivity index (χ1v) is 13.9. The molecule has 0 saturated carbocycles. The predicted molar refractivity (Wildman–Crippen MR) is 147 cm³/mol. The highest BCUT2D eigenvalue weighted by atomic mass is 32.1. The number of aromatic nitrogens is 5. The summed E-state index contributed by atoms with van der Waals surface area (Å²) in [4.78, 5) is 22.3. The molecule has 0 bridgehead atoms. The molecule has 39 heavy (non-hydrogen) atoms. The highest BCUT2D eigenvalue weighted by Crippen LogP contribution is 2.33. The van der Waals surface area contributed by atoms with Crippen LogP contribution in [0.2, 0.25) is 0 Å². The minimum atomic E-state index is -4.68. The number of thiophene rings is 1. The molecule has 0 amide bonds. The summed E-state index contributed by atoms with van der Waals surface area (Å²) in [6.07, 6.45) is 5.63. The van der Waals surface area contributed by atoms with Crippen LogP contribution in [0, 0.1) is 0 Å². The molecule has 210 valence electrons. The van der Waals surface area contributed by atoms with Gasteiger partial charge in [-0.25, -0.2) is 9.97 Å². The van der Waals surface area contributed by atoms with Crippen molar-refractivity contribution in [3.63, 3.8) is 0 Å². The number of hydrogen-bond acceptors (Lipinski definition) is 9. The van der Waals surface area contributed by atoms with Gasteiger partial charge >= 0.3 is 12.1 Å². The van der Waals surface area contributed by atoms with Crippen molar-refractivity contribution in [1.82, 2.24) is 30.0 Å². The molecule has 0 aliphatic carbocycles. The molecule has 4 aromatic heterocycles. The molecule has 4 aromatic rings. The van der Waals surface area contributed by atoms with E-state index in [0.717, 1.165) is 30.1 Å². The summed E-state index contributed by atoms with van der Waals surface area (Å²) in [5.74, 6) is -0.133. The Morgan fingerprint density at radius 2 is 1.72 bits per heavy atom. The lowest BCUT2D eigenvalue weighted by molar-refractivity contribution is -0.159. The minimum absolute atomic E-state index is 0.0969. The number of pyridine rings is 1. The van der Waals surface area contributed by atoms with E-state index in [0.29, 0.717) is 23.1 Å². The van der Waals surface area contributed by atoms with Crippen molar-refractivity contribution in [3.8, 4) is 10.7 Å². The predicted octanol–water partition coefficient (Wildman–Crippen LogP) is 7.38. The Bertz CT molecular complexity index is 1260. The van der Waals surface area contributed by atoms with E-state index in [1.54, 1.807) is 30.9 Å². The fourth-order valence-electron chi connectivity index (χ4n) is 3.79. The molecule has 8 nitrogen and oxygen atoms in total. The molecule has 0 aromatic carbocycles. The van der Waals surface area contributed by atoms with Gasteiger partial charge in [-0.1, -0.05) is 39.3 Å². The van der Waals surface area contributed by atoms with Crippen LogP contribution < -0.4 is 4.90 Å². The van der Waals surface area contributed by atoms with Crippen molar-refractivity contribution in [1.29, 1.82) is 0 Å². The first-order valence-electron chi connectivity index (χ1n) is 13.1. The Morgan fingerprint density at radius 1 is 1.00 bits per heavy atom. The largest absolute Gasteiger partial charge is 0.471 e. The lowest BCUT2D eigenvalue weighted by Crippen LogP contribution is -2.21. The number of likely N-dealkylation sites (tertiary alicyclic amines) is 1. The van der Waals surface area contributed by atoms with Crippen molar-refractivity contribution in [2.24, 2.45) is 0 Å². The molecule has 1 fully saturated rings. The van der Waals surface area contributed by atoms with Crippen molar-refractivity contribution in [2.75, 3.05) is 18.0 Å². The molecule has 0 atom stereocenters. The zero-order chi connectivity index (χ0) is 28.3. The lowest BCUT2D eigenvalue weighted by Gasteiger charge is -2.23. The van der Waals surface area contributed by atoms with Crippen molar-refractivity contribution in [2.45, 2.75) is 66.2 Å². The molecule has 5 heterocycles. The molecule has 0 spiro atoms. The van der Waals surface area contributed by atoms with E-state index in [1.165, 1.54) is 30.6 Å². The zero-order valence-electron chi connectivity index (χ0n) is 22.6. The number of rotatable bonds is 7. The third-order valence-electron chi connectivity index (χ3n) is 5.38. The van der Waals surface area contributed by atoms with Crippen molar-refractivity contribution >= 4 is 23.0 Å². The van der Waals surface area contributed by atoms with Crippen LogP contribution in [0.5, 0.6) is 0 Å². The molecule has 0 N–H and O–H groups in total. The van der Waals surface area contributed by atoms with Crippen molar-refractivity contribution < 1.29 is 17.7 Å². The molecular formula is C27H34F3N7OS. The van der Waals surface area contributed by atoms with Crippen LogP contribution in [0.4, 0.5) is 24.8 Å². The van der Waals surface area contributed by atoms with E-state index in [2.05, 4.69) is 48.4 Å². The van der Waals surface area contributed by atoms with Crippen LogP contribution in [0.15, 0.2) is 53.6 Å². The molecular weight excluding hydrogens is 527 g/mol. The maximum atomic E-state index is 12.8. The summed E-state index contributed by atoms with van der Waals surface area (Å²) in [5, 5.41) is 3.47. The summed E-state index contributed by atoms with van der Waals surface area (Å²) in [6, 6.07) is 7.54. The second-order valence-electron chi connectivity index (χ2n) is 8.55. The molecule has 1 saturated heterocycles. The zero-order valence-corrected chi connectivity index (χ0v) is 23.5. The number of anilines is 2. The Balaban J connectivity index is 0.000000787. The van der Waals surface area contributed by atoms with Gasteiger partial charge in [-0.05, 0) is 55.8 Å². The van der Waals surface area contributed by atoms with E-state index in [9.17, 15) is 13.2 Å². The van der Waals surface area contributed by atoms with E-state index < -0.39 is 12.1 Å². The van der Waals surface area contributed by atoms with Crippen LogP contribution in [-0.2, 0) is 19.3 Å². The smallest absolute Gasteiger partial charge is 0.329 e. The van der Waals surface area contributed by atoms with Gasteiger partial charge in [-0.2, -0.15) is 18.2 Å². The van der Waals surface area contributed by atoms with Gasteiger partial charge in [0.25, 0.3) is 0 Å². The SMILES string of the molecule is CC.CCC.FC(F)(F)c1nc(-c2ccc(CN(c3cnccn3)c3cc(CN4CCCC4)ccn3)s2)no1. The Morgan fingerprint density at radius 3 is 2.36 bits per heavy atom. The van der Waals surface area contributed by atoms with Crippen LogP contribution in [0.1, 0.15) is 63.3 Å². The maximum Gasteiger partial charge on any atom is 0.471 e. The number of hydrogen-bond donors (Lipinski definition) is 0. The summed E-state index contributed by atoms with van der Waals surface area (Å²) in [6.45, 7) is 11.7. The second-order valence-corrected chi connectivity index (χ2v) is 9.72. The molecule has 0 radical (unpaired) electrons. The fourth-order valence-corrected chi connectivity index (χ4v) is 4.72. The Hall–Kier alpha value is -3.38. The van der Waals surface area contributed by atoms with E-state index in [4.69, 9.17) is 0 Å². The quantitative estimate of drug-likeness (QED) is 0.231. The molecule has 0 unspecified atom stereocenters. The molecule has 12 heteroatoms. The average molecular weight is 562 g/mol. The third-order valence-corrected chi connectivity index (χ3v) is 6.45. The lowest BCUT2D eigenvalue weighted by atomic mass is 10.2. The van der Waals surface area contributed by atoms with Gasteiger partial charge < -0.3 is 9.42 Å². The Labute approximate surface area is 230 Å². The maximum absolute atomic E-state index is 12.8. The second kappa shape index (κ2) is 14.7. The normalized spacial score (nSPS) is 13.3. The van der Waals surface area contributed by atoms with Crippen LogP contribution in [0.25, 0.3) is 10.7 Å². The summed E-state index contributed by atoms with van der Waals surface area (Å²) in [7, 11) is 0. The fraction of sp³-hybridized carbons (Fsp3) is 0.444. The van der Waals surface area contributed by atoms with Crippen LogP contribution >= 0.6 is 11.3 Å². The monoisotopic (exact) mass is 561 g/mol. The number of halogens is 3. The van der Waals surface area contributed by atoms with Crippen molar-refractivity contribution in [3.05, 3.63) is 65.4 Å². The third kappa shape index (κ3) is 8.56. The standard InChI is InChI=1S/C22H20F3N7OS.C3H8.C2H6/c23-22(24,25)21-29-20(30-33-21)17-4-3-16(34-17)14-32(19-12-26-7-8-28-19)18-11-15(5-6-27-18)13-31-9-1-2-10-31;1-3-2;1-2/h3-8,11-12H,1-2,9-10,13-14H2;3H2,1-2H3;1-2H3. The summed E-state index contributed by atoms with van der Waals surface area (Å²) < 4.78 is 42.8. The number of nitrogens with zero attached hydrogens (tertiary/aromatic N) is 7. The van der Waals surface area contributed by atoms with Gasteiger partial charge in [-0.15, -0.1) is 11.3 Å². The average Bonchev–Trinajstić information content (AvgIpc) is 3.72. The highest BCUT2D eigenvalue weighted by Gasteiger charge is 2.38. The topological polar surface area (TPSA) is 84.1 Å². The van der Waals surface area contributed by atoms with Gasteiger partial charge in [0.1, 0.15) is 5.82 Å². The first kappa shape index (κ1) is 30.2. The highest BCUT2D eigenvalue weighted by molar-refractivity contribution is 7.15. The number of alkyl halides is 3. The molecule has 1 aliphatic heterocycles. The van der Waals surface area contributed by atoms with E-state index in [-0.39, 0.29) is 5.82 Å². The van der Waals surface area contributed by atoms with Gasteiger partial charge in [-0.3, -0.25) is 9.88 Å². The Kier molecular flexibility index (Phi) is 11.4. The summed E-state index contributed by atoms with van der Waals surface area (Å²) >= 11 is 1.28. The van der Waals surface area contributed by atoms with Gasteiger partial charge in [0.2, 0.25) is 5.82 Å². The van der Waals surface area contributed by atoms with Gasteiger partial charge in [0.05, 0.1) is 17.6 Å². The van der Waals surface area contributed by atoms with E-state index in [1.807, 2.05) is 36.9 Å². The van der Waals surface area contributed by atoms with Gasteiger partial charge in [0, 0.05) is 30.0 Å². The minimum Gasteiger partial charge on any atom is -0.329 e. The van der Waals surface area contributed by atoms with E-state index >= 15 is 0 Å². The molecule has 1 aliphatic rings.